The van der Waals surface area contributed by atoms with Crippen molar-refractivity contribution in [3.05, 3.63) is 21.9 Å². The smallest absolute Gasteiger partial charge is 0.140 e. The van der Waals surface area contributed by atoms with Crippen molar-refractivity contribution < 1.29 is 4.79 Å². The number of nitrogens with one attached hydrogen (secondary N) is 2. The predicted octanol–water partition coefficient (Wildman–Crippen LogP) is 1.84. The molecule has 0 radical (unpaired) electrons. The van der Waals surface area contributed by atoms with Crippen LogP contribution in [0.5, 0.6) is 0 Å². The van der Waals surface area contributed by atoms with Crippen LogP contribution in [0.25, 0.3) is 0 Å². The Morgan fingerprint density at radius 1 is 1.43 bits per heavy atom. The number of halogens is 2. The van der Waals surface area contributed by atoms with Gasteiger partial charge in [-0.1, -0.05) is 11.6 Å². The van der Waals surface area contributed by atoms with E-state index in [0.717, 1.165) is 55.5 Å². The summed E-state index contributed by atoms with van der Waals surface area (Å²) in [6.45, 7) is 3.21. The molecule has 0 bridgehead atoms. The number of nitrogens with zero attached hydrogens (tertiary/aromatic N) is 2. The first-order chi connectivity index (χ1) is 10.1. The second-order valence-corrected chi connectivity index (χ2v) is 6.50. The summed E-state index contributed by atoms with van der Waals surface area (Å²) in [5.41, 5.74) is 0.542. The lowest BCUT2D eigenvalue weighted by molar-refractivity contribution is -0.114. The summed E-state index contributed by atoms with van der Waals surface area (Å²) in [6, 6.07) is 0. The van der Waals surface area contributed by atoms with Crippen LogP contribution in [0.2, 0.25) is 5.02 Å². The number of piperidine rings is 1. The largest absolute Gasteiger partial charge is 0.369 e. The van der Waals surface area contributed by atoms with Gasteiger partial charge in [-0.2, -0.15) is 0 Å². The fourth-order valence-corrected chi connectivity index (χ4v) is 3.58. The van der Waals surface area contributed by atoms with E-state index < -0.39 is 5.54 Å². The van der Waals surface area contributed by atoms with Gasteiger partial charge in [0.25, 0.3) is 0 Å². The molecule has 5 nitrogen and oxygen atoms in total. The van der Waals surface area contributed by atoms with E-state index in [0.29, 0.717) is 5.02 Å². The molecule has 1 aliphatic heterocycles. The van der Waals surface area contributed by atoms with Crippen LogP contribution >= 0.6 is 27.5 Å². The topological polar surface area (TPSA) is 57.3 Å². The molecule has 2 rings (SSSR count). The van der Waals surface area contributed by atoms with Gasteiger partial charge in [-0.25, -0.2) is 0 Å². The molecule has 1 aromatic rings. The lowest BCUT2D eigenvalue weighted by Gasteiger charge is -2.40. The van der Waals surface area contributed by atoms with E-state index in [2.05, 4.69) is 36.4 Å². The van der Waals surface area contributed by atoms with E-state index in [4.69, 9.17) is 11.6 Å². The molecule has 1 fully saturated rings. The van der Waals surface area contributed by atoms with Gasteiger partial charge < -0.3 is 20.3 Å². The van der Waals surface area contributed by atoms with E-state index in [9.17, 15) is 4.79 Å². The van der Waals surface area contributed by atoms with Crippen LogP contribution in [-0.4, -0.2) is 50.0 Å². The van der Waals surface area contributed by atoms with Crippen LogP contribution < -0.4 is 15.5 Å². The van der Waals surface area contributed by atoms with Crippen LogP contribution in [0, 0.1) is 0 Å². The number of carbonyl (C=O) groups is 1. The minimum Gasteiger partial charge on any atom is -0.369 e. The molecule has 0 atom stereocenters. The molecule has 2 N–H and O–H groups in total. The molecule has 0 spiro atoms. The summed E-state index contributed by atoms with van der Waals surface area (Å²) in [7, 11) is 1.90. The van der Waals surface area contributed by atoms with Crippen LogP contribution in [0.15, 0.2) is 16.9 Å². The number of pyridine rings is 1. The molecule has 7 heteroatoms. The third-order valence-corrected chi connectivity index (χ3v) is 4.73. The first-order valence-corrected chi connectivity index (χ1v) is 8.19. The number of anilines is 1. The Morgan fingerprint density at radius 3 is 2.71 bits per heavy atom. The molecule has 0 saturated carbocycles. The van der Waals surface area contributed by atoms with Crippen LogP contribution in [0.3, 0.4) is 0 Å². The maximum Gasteiger partial charge on any atom is 0.140 e. The Bertz CT molecular complexity index is 472. The summed E-state index contributed by atoms with van der Waals surface area (Å²) in [4.78, 5) is 17.8. The molecular formula is C14H20BrClN4O. The molecule has 1 aliphatic rings. The standard InChI is InChI=1S/C14H20BrClN4O/c1-17-4-5-19-14(10-21)2-6-20(7-3-14)13-11(15)8-18-9-12(13)16/h8-10,17,19H,2-7H2,1H3. The number of hydrogen-bond donors (Lipinski definition) is 2. The Hall–Kier alpha value is -0.690. The van der Waals surface area contributed by atoms with Gasteiger partial charge in [-0.3, -0.25) is 4.98 Å². The van der Waals surface area contributed by atoms with Gasteiger partial charge in [-0.05, 0) is 35.8 Å². The summed E-state index contributed by atoms with van der Waals surface area (Å²) in [6.07, 6.45) is 5.99. The first-order valence-electron chi connectivity index (χ1n) is 7.02. The molecule has 2 heterocycles. The Kier molecular flexibility index (Phi) is 5.98. The Balaban J connectivity index is 2.03. The van der Waals surface area contributed by atoms with Gasteiger partial charge in [-0.15, -0.1) is 0 Å². The van der Waals surface area contributed by atoms with Crippen LogP contribution in [-0.2, 0) is 4.79 Å². The van der Waals surface area contributed by atoms with Crippen molar-refractivity contribution in [1.29, 1.82) is 0 Å². The fourth-order valence-electron chi connectivity index (χ4n) is 2.61. The van der Waals surface area contributed by atoms with E-state index in [1.54, 1.807) is 12.4 Å². The van der Waals surface area contributed by atoms with Gasteiger partial charge in [0.15, 0.2) is 0 Å². The summed E-state index contributed by atoms with van der Waals surface area (Å²) < 4.78 is 0.886. The molecule has 1 aromatic heterocycles. The highest BCUT2D eigenvalue weighted by Gasteiger charge is 2.34. The number of aldehydes is 1. The number of carbonyl (C=O) groups excluding carboxylic acids is 1. The maximum absolute atomic E-state index is 11.5. The number of rotatable bonds is 6. The first kappa shape index (κ1) is 16.7. The van der Waals surface area contributed by atoms with Crippen molar-refractivity contribution in [3.8, 4) is 0 Å². The molecule has 21 heavy (non-hydrogen) atoms. The van der Waals surface area contributed by atoms with Crippen molar-refractivity contribution in [2.24, 2.45) is 0 Å². The fraction of sp³-hybridized carbons (Fsp3) is 0.571. The molecular weight excluding hydrogens is 356 g/mol. The molecule has 0 unspecified atom stereocenters. The van der Waals surface area contributed by atoms with Crippen molar-refractivity contribution in [2.45, 2.75) is 18.4 Å². The quantitative estimate of drug-likeness (QED) is 0.587. The van der Waals surface area contributed by atoms with Gasteiger partial charge in [0, 0.05) is 38.6 Å². The van der Waals surface area contributed by atoms with E-state index in [1.165, 1.54) is 0 Å². The van der Waals surface area contributed by atoms with E-state index in [-0.39, 0.29) is 0 Å². The molecule has 1 saturated heterocycles. The minimum absolute atomic E-state index is 0.417. The van der Waals surface area contributed by atoms with Gasteiger partial charge in [0.05, 0.1) is 20.7 Å². The van der Waals surface area contributed by atoms with Crippen molar-refractivity contribution in [2.75, 3.05) is 38.1 Å². The maximum atomic E-state index is 11.5. The number of likely N-dealkylation sites (N-methyl/N-ethyl adjacent to an activating group) is 1. The van der Waals surface area contributed by atoms with Crippen molar-refractivity contribution >= 4 is 39.5 Å². The minimum atomic E-state index is -0.417. The zero-order valence-corrected chi connectivity index (χ0v) is 14.4. The van der Waals surface area contributed by atoms with E-state index in [1.807, 2.05) is 7.05 Å². The van der Waals surface area contributed by atoms with E-state index >= 15 is 0 Å². The van der Waals surface area contributed by atoms with Gasteiger partial charge >= 0.3 is 0 Å². The molecule has 116 valence electrons. The third-order valence-electron chi connectivity index (χ3n) is 3.88. The van der Waals surface area contributed by atoms with Gasteiger partial charge in [0.2, 0.25) is 0 Å². The van der Waals surface area contributed by atoms with Crippen molar-refractivity contribution in [3.63, 3.8) is 0 Å². The number of aromatic nitrogens is 1. The average molecular weight is 376 g/mol. The van der Waals surface area contributed by atoms with Crippen molar-refractivity contribution in [1.82, 2.24) is 15.6 Å². The summed E-state index contributed by atoms with van der Waals surface area (Å²) >= 11 is 9.74. The molecule has 0 aliphatic carbocycles. The van der Waals surface area contributed by atoms with Crippen LogP contribution in [0.4, 0.5) is 5.69 Å². The lowest BCUT2D eigenvalue weighted by Crippen LogP contribution is -2.55. The van der Waals surface area contributed by atoms with Gasteiger partial charge in [0.1, 0.15) is 6.29 Å². The highest BCUT2D eigenvalue weighted by atomic mass is 79.9. The Morgan fingerprint density at radius 2 is 2.14 bits per heavy atom. The SMILES string of the molecule is CNCCNC1(C=O)CCN(c2c(Cl)cncc2Br)CC1. The Labute approximate surface area is 138 Å². The third kappa shape index (κ3) is 3.94. The highest BCUT2D eigenvalue weighted by molar-refractivity contribution is 9.10. The second-order valence-electron chi connectivity index (χ2n) is 5.24. The monoisotopic (exact) mass is 374 g/mol. The molecule has 0 aromatic carbocycles. The zero-order chi connectivity index (χ0) is 15.3. The molecule has 0 amide bonds. The highest BCUT2D eigenvalue weighted by Crippen LogP contribution is 2.35. The predicted molar refractivity (Wildman–Crippen MR) is 89.1 cm³/mol. The normalized spacial score (nSPS) is 17.8. The summed E-state index contributed by atoms with van der Waals surface area (Å²) in [5.74, 6) is 0. The summed E-state index contributed by atoms with van der Waals surface area (Å²) in [5, 5.41) is 7.08. The van der Waals surface area contributed by atoms with Crippen LogP contribution in [0.1, 0.15) is 12.8 Å². The second kappa shape index (κ2) is 7.54. The zero-order valence-electron chi connectivity index (χ0n) is 12.0. The average Bonchev–Trinajstić information content (AvgIpc) is 2.49. The lowest BCUT2D eigenvalue weighted by atomic mass is 9.88. The number of hydrogen-bond acceptors (Lipinski definition) is 5.